The second-order valence-corrected chi connectivity index (χ2v) is 8.06. The van der Waals surface area contributed by atoms with E-state index < -0.39 is 0 Å². The van der Waals surface area contributed by atoms with Gasteiger partial charge in [0.2, 0.25) is 0 Å². The molecule has 4 aromatic rings. The van der Waals surface area contributed by atoms with E-state index >= 15 is 0 Å². The molecule has 0 amide bonds. The normalized spacial score (nSPS) is 10.8. The predicted molar refractivity (Wildman–Crippen MR) is 116 cm³/mol. The highest BCUT2D eigenvalue weighted by atomic mass is 79.9. The molecule has 0 N–H and O–H groups in total. The van der Waals surface area contributed by atoms with E-state index in [0.29, 0.717) is 16.5 Å². The zero-order chi connectivity index (χ0) is 20.2. The molecule has 0 bridgehead atoms. The lowest BCUT2D eigenvalue weighted by molar-refractivity contribution is 0.102. The van der Waals surface area contributed by atoms with Crippen LogP contribution in [0.5, 0.6) is 0 Å². The minimum absolute atomic E-state index is 0.00782. The lowest BCUT2D eigenvalue weighted by Gasteiger charge is -2.10. The van der Waals surface area contributed by atoms with Gasteiger partial charge in [-0.1, -0.05) is 58.0 Å². The molecule has 0 atom stereocenters. The van der Waals surface area contributed by atoms with E-state index in [1.165, 1.54) is 23.9 Å². The van der Waals surface area contributed by atoms with E-state index in [-0.39, 0.29) is 17.4 Å². The number of benzene rings is 3. The summed E-state index contributed by atoms with van der Waals surface area (Å²) in [5.74, 6) is 0.521. The van der Waals surface area contributed by atoms with E-state index in [0.717, 1.165) is 15.7 Å². The Morgan fingerprint density at radius 2 is 1.62 bits per heavy atom. The SMILES string of the molecule is O=C(CSc1nnc(-c2ccc(F)cc2)n1-c1ccccc1)c1ccc(Br)cc1. The molecular weight excluding hydrogens is 453 g/mol. The topological polar surface area (TPSA) is 47.8 Å². The number of nitrogens with zero attached hydrogens (tertiary/aromatic N) is 3. The number of ketones is 1. The van der Waals surface area contributed by atoms with Crippen LogP contribution >= 0.6 is 27.7 Å². The average Bonchev–Trinajstić information content (AvgIpc) is 3.17. The van der Waals surface area contributed by atoms with Crippen LogP contribution in [0, 0.1) is 5.82 Å². The van der Waals surface area contributed by atoms with Crippen molar-refractivity contribution in [2.24, 2.45) is 0 Å². The van der Waals surface area contributed by atoms with Crippen molar-refractivity contribution in [3.63, 3.8) is 0 Å². The molecule has 0 saturated heterocycles. The first kappa shape index (κ1) is 19.5. The first-order chi connectivity index (χ1) is 14.1. The Balaban J connectivity index is 1.65. The molecule has 0 radical (unpaired) electrons. The number of Topliss-reactive ketones (excluding diaryl/α,β-unsaturated/α-hetero) is 1. The minimum atomic E-state index is -0.311. The molecule has 0 aliphatic rings. The largest absolute Gasteiger partial charge is 0.293 e. The summed E-state index contributed by atoms with van der Waals surface area (Å²) in [5.41, 5.74) is 2.26. The minimum Gasteiger partial charge on any atom is -0.293 e. The van der Waals surface area contributed by atoms with Crippen molar-refractivity contribution in [3.05, 3.63) is 94.7 Å². The third kappa shape index (κ3) is 4.46. The molecule has 4 rings (SSSR count). The summed E-state index contributed by atoms with van der Waals surface area (Å²) >= 11 is 4.70. The van der Waals surface area contributed by atoms with Crippen LogP contribution in [0.1, 0.15) is 10.4 Å². The van der Waals surface area contributed by atoms with E-state index in [2.05, 4.69) is 26.1 Å². The van der Waals surface area contributed by atoms with E-state index in [4.69, 9.17) is 0 Å². The molecule has 0 aliphatic carbocycles. The maximum atomic E-state index is 13.3. The summed E-state index contributed by atoms with van der Waals surface area (Å²) < 4.78 is 16.1. The quantitative estimate of drug-likeness (QED) is 0.265. The second-order valence-electron chi connectivity index (χ2n) is 6.20. The Bertz CT molecular complexity index is 1130. The van der Waals surface area contributed by atoms with E-state index in [1.807, 2.05) is 47.0 Å². The van der Waals surface area contributed by atoms with Crippen LogP contribution < -0.4 is 0 Å². The van der Waals surface area contributed by atoms with Crippen LogP contribution in [0.3, 0.4) is 0 Å². The number of carbonyl (C=O) groups excluding carboxylic acids is 1. The number of thioether (sulfide) groups is 1. The first-order valence-corrected chi connectivity index (χ1v) is 10.6. The summed E-state index contributed by atoms with van der Waals surface area (Å²) in [5, 5.41) is 9.20. The Hall–Kier alpha value is -2.77. The fraction of sp³-hybridized carbons (Fsp3) is 0.0455. The summed E-state index contributed by atoms with van der Waals surface area (Å²) in [7, 11) is 0. The molecule has 144 valence electrons. The number of hydrogen-bond acceptors (Lipinski definition) is 4. The lowest BCUT2D eigenvalue weighted by atomic mass is 10.2. The molecule has 0 saturated carbocycles. The van der Waals surface area contributed by atoms with Gasteiger partial charge in [0.25, 0.3) is 0 Å². The Kier molecular flexibility index (Phi) is 5.87. The molecule has 0 aliphatic heterocycles. The van der Waals surface area contributed by atoms with Gasteiger partial charge in [0.05, 0.1) is 5.75 Å². The average molecular weight is 468 g/mol. The van der Waals surface area contributed by atoms with Crippen LogP contribution in [0.4, 0.5) is 4.39 Å². The summed E-state index contributed by atoms with van der Waals surface area (Å²) in [6, 6.07) is 23.0. The molecule has 29 heavy (non-hydrogen) atoms. The number of halogens is 2. The van der Waals surface area contributed by atoms with Crippen molar-refractivity contribution >= 4 is 33.5 Å². The molecule has 0 spiro atoms. The fourth-order valence-corrected chi connectivity index (χ4v) is 3.92. The Morgan fingerprint density at radius 1 is 0.931 bits per heavy atom. The zero-order valence-corrected chi connectivity index (χ0v) is 17.5. The first-order valence-electron chi connectivity index (χ1n) is 8.80. The third-order valence-corrected chi connectivity index (χ3v) is 5.71. The highest BCUT2D eigenvalue weighted by Gasteiger charge is 2.17. The van der Waals surface area contributed by atoms with Crippen molar-refractivity contribution in [2.75, 3.05) is 5.75 Å². The summed E-state index contributed by atoms with van der Waals surface area (Å²) in [6.07, 6.45) is 0. The molecule has 3 aromatic carbocycles. The fourth-order valence-electron chi connectivity index (χ4n) is 2.81. The van der Waals surface area contributed by atoms with Gasteiger partial charge in [0, 0.05) is 21.3 Å². The van der Waals surface area contributed by atoms with Gasteiger partial charge in [0.15, 0.2) is 16.8 Å². The number of hydrogen-bond donors (Lipinski definition) is 0. The summed E-state index contributed by atoms with van der Waals surface area (Å²) in [6.45, 7) is 0. The molecule has 1 aromatic heterocycles. The summed E-state index contributed by atoms with van der Waals surface area (Å²) in [4.78, 5) is 12.6. The van der Waals surface area contributed by atoms with Crippen molar-refractivity contribution in [2.45, 2.75) is 5.16 Å². The zero-order valence-electron chi connectivity index (χ0n) is 15.1. The molecular formula is C22H15BrFN3OS. The Labute approximate surface area is 179 Å². The van der Waals surface area contributed by atoms with Gasteiger partial charge in [-0.25, -0.2) is 4.39 Å². The molecule has 1 heterocycles. The molecule has 7 heteroatoms. The predicted octanol–water partition coefficient (Wildman–Crippen LogP) is 5.81. The van der Waals surface area contributed by atoms with Gasteiger partial charge in [-0.3, -0.25) is 9.36 Å². The second kappa shape index (κ2) is 8.71. The van der Waals surface area contributed by atoms with Gasteiger partial charge in [-0.2, -0.15) is 0 Å². The van der Waals surface area contributed by atoms with Crippen LogP contribution in [-0.2, 0) is 0 Å². The van der Waals surface area contributed by atoms with Gasteiger partial charge >= 0.3 is 0 Å². The Morgan fingerprint density at radius 3 is 2.31 bits per heavy atom. The maximum Gasteiger partial charge on any atom is 0.196 e. The van der Waals surface area contributed by atoms with Crippen molar-refractivity contribution in [3.8, 4) is 17.1 Å². The maximum absolute atomic E-state index is 13.3. The third-order valence-electron chi connectivity index (χ3n) is 4.25. The van der Waals surface area contributed by atoms with E-state index in [1.54, 1.807) is 24.3 Å². The van der Waals surface area contributed by atoms with Crippen molar-refractivity contribution in [1.82, 2.24) is 14.8 Å². The number of para-hydroxylation sites is 1. The van der Waals surface area contributed by atoms with Crippen molar-refractivity contribution in [1.29, 1.82) is 0 Å². The lowest BCUT2D eigenvalue weighted by Crippen LogP contribution is -2.05. The number of carbonyl (C=O) groups is 1. The van der Waals surface area contributed by atoms with Crippen LogP contribution in [0.15, 0.2) is 88.5 Å². The van der Waals surface area contributed by atoms with Crippen LogP contribution in [0.2, 0.25) is 0 Å². The monoisotopic (exact) mass is 467 g/mol. The van der Waals surface area contributed by atoms with Crippen LogP contribution in [-0.4, -0.2) is 26.3 Å². The highest BCUT2D eigenvalue weighted by Crippen LogP contribution is 2.28. The van der Waals surface area contributed by atoms with Crippen LogP contribution in [0.25, 0.3) is 17.1 Å². The molecule has 4 nitrogen and oxygen atoms in total. The number of aromatic nitrogens is 3. The smallest absolute Gasteiger partial charge is 0.196 e. The molecule has 0 fully saturated rings. The van der Waals surface area contributed by atoms with E-state index in [9.17, 15) is 9.18 Å². The van der Waals surface area contributed by atoms with Gasteiger partial charge in [0.1, 0.15) is 5.82 Å². The van der Waals surface area contributed by atoms with Crippen molar-refractivity contribution < 1.29 is 9.18 Å². The highest BCUT2D eigenvalue weighted by molar-refractivity contribution is 9.10. The standard InChI is InChI=1S/C22H15BrFN3OS/c23-17-10-6-15(7-11-17)20(28)14-29-22-26-25-21(16-8-12-18(24)13-9-16)27(22)19-4-2-1-3-5-19/h1-13H,14H2. The molecule has 0 unspecified atom stereocenters. The van der Waals surface area contributed by atoms with Gasteiger partial charge in [-0.15, -0.1) is 10.2 Å². The van der Waals surface area contributed by atoms with Gasteiger partial charge in [-0.05, 0) is 48.5 Å². The van der Waals surface area contributed by atoms with Gasteiger partial charge < -0.3 is 0 Å². The number of rotatable bonds is 6.